The molecule has 0 fully saturated rings. The van der Waals surface area contributed by atoms with Gasteiger partial charge in [-0.05, 0) is 23.8 Å². The molecule has 0 aliphatic carbocycles. The van der Waals surface area contributed by atoms with Crippen LogP contribution in [0.5, 0.6) is 5.75 Å². The van der Waals surface area contributed by atoms with Crippen LogP contribution in [0.4, 0.5) is 4.39 Å². The first-order valence-corrected chi connectivity index (χ1v) is 11.1. The molecule has 1 amide bonds. The Morgan fingerprint density at radius 1 is 1.11 bits per heavy atom. The maximum absolute atomic E-state index is 13.7. The molecule has 0 spiro atoms. The molecule has 2 aromatic heterocycles. The van der Waals surface area contributed by atoms with Gasteiger partial charge in [0.25, 0.3) is 5.91 Å². The van der Waals surface area contributed by atoms with E-state index in [0.717, 1.165) is 6.20 Å². The largest absolute Gasteiger partial charge is 0.494 e. The van der Waals surface area contributed by atoms with E-state index in [-0.39, 0.29) is 27.8 Å². The van der Waals surface area contributed by atoms with Crippen LogP contribution < -0.4 is 10.1 Å². The molecule has 0 saturated heterocycles. The third-order valence-corrected chi connectivity index (χ3v) is 5.99. The van der Waals surface area contributed by atoms with Crippen molar-refractivity contribution in [3.63, 3.8) is 0 Å². The number of benzene rings is 2. The van der Waals surface area contributed by atoms with Crippen LogP contribution in [0.1, 0.15) is 15.9 Å². The van der Waals surface area contributed by atoms with Crippen molar-refractivity contribution >= 4 is 46.0 Å². The molecule has 7 nitrogen and oxygen atoms in total. The number of methoxy groups -OCH3 is 1. The second-order valence-corrected chi connectivity index (χ2v) is 8.36. The number of pyridine rings is 2. The number of ether oxygens (including phenoxy) is 1. The average Bonchev–Trinajstić information content (AvgIpc) is 2.83. The number of aliphatic carboxylic acids is 1. The molecule has 4 rings (SSSR count). The quantitative estimate of drug-likeness (QED) is 0.353. The van der Waals surface area contributed by atoms with Crippen molar-refractivity contribution in [2.24, 2.45) is 0 Å². The van der Waals surface area contributed by atoms with Gasteiger partial charge < -0.3 is 15.2 Å². The number of carboxylic acids is 1. The molecular weight excluding hydrogens is 496 g/mol. The van der Waals surface area contributed by atoms with Gasteiger partial charge in [0.05, 0.1) is 34.4 Å². The summed E-state index contributed by atoms with van der Waals surface area (Å²) in [6.45, 7) is 0. The fourth-order valence-corrected chi connectivity index (χ4v) is 4.32. The Morgan fingerprint density at radius 3 is 2.54 bits per heavy atom. The fourth-order valence-electron chi connectivity index (χ4n) is 3.75. The molecular formula is C25H18Cl2FN3O4. The lowest BCUT2D eigenvalue weighted by molar-refractivity contribution is -0.139. The molecule has 0 saturated carbocycles. The van der Waals surface area contributed by atoms with Gasteiger partial charge in [0, 0.05) is 29.6 Å². The number of carboxylic acid groups (broad SMARTS) is 1. The van der Waals surface area contributed by atoms with Gasteiger partial charge in [0.15, 0.2) is 0 Å². The van der Waals surface area contributed by atoms with Gasteiger partial charge in [0.1, 0.15) is 23.3 Å². The molecule has 1 unspecified atom stereocenters. The molecule has 4 aromatic rings. The van der Waals surface area contributed by atoms with Crippen molar-refractivity contribution in [1.29, 1.82) is 0 Å². The first-order valence-electron chi connectivity index (χ1n) is 10.3. The third-order valence-electron chi connectivity index (χ3n) is 5.36. The summed E-state index contributed by atoms with van der Waals surface area (Å²) in [6, 6.07) is 11.5. The van der Waals surface area contributed by atoms with Crippen molar-refractivity contribution in [2.45, 2.75) is 12.5 Å². The van der Waals surface area contributed by atoms with Crippen molar-refractivity contribution in [1.82, 2.24) is 15.3 Å². The summed E-state index contributed by atoms with van der Waals surface area (Å²) in [5, 5.41) is 13.2. The van der Waals surface area contributed by atoms with Crippen molar-refractivity contribution in [3.8, 4) is 17.0 Å². The lowest BCUT2D eigenvalue weighted by Crippen LogP contribution is -2.42. The van der Waals surface area contributed by atoms with Crippen LogP contribution in [0.15, 0.2) is 60.9 Å². The van der Waals surface area contributed by atoms with Crippen LogP contribution in [0.25, 0.3) is 22.2 Å². The zero-order valence-corrected chi connectivity index (χ0v) is 19.8. The van der Waals surface area contributed by atoms with E-state index in [1.807, 2.05) is 0 Å². The van der Waals surface area contributed by atoms with Crippen LogP contribution >= 0.6 is 23.2 Å². The minimum Gasteiger partial charge on any atom is -0.494 e. The zero-order chi connectivity index (χ0) is 25.1. The highest BCUT2D eigenvalue weighted by atomic mass is 35.5. The van der Waals surface area contributed by atoms with Crippen LogP contribution in [-0.4, -0.2) is 40.1 Å². The number of amides is 1. The van der Waals surface area contributed by atoms with Crippen molar-refractivity contribution in [2.75, 3.05) is 7.11 Å². The summed E-state index contributed by atoms with van der Waals surface area (Å²) >= 11 is 12.2. The van der Waals surface area contributed by atoms with E-state index in [0.29, 0.717) is 27.7 Å². The fraction of sp³-hybridized carbons (Fsp3) is 0.120. The normalized spacial score (nSPS) is 11.8. The Labute approximate surface area is 209 Å². The van der Waals surface area contributed by atoms with E-state index in [2.05, 4.69) is 15.3 Å². The summed E-state index contributed by atoms with van der Waals surface area (Å²) in [4.78, 5) is 33.4. The maximum Gasteiger partial charge on any atom is 0.326 e. The standard InChI is InChI=1S/C25H18Cl2FN3O4/c1-35-20-11-14(28)12-30-23(20)16-8-7-13(22-15(16)4-3-9-29-22)10-19(25(33)34)31-24(32)21-17(26)5-2-6-18(21)27/h2-9,11-12,19H,10H2,1H3,(H,31,32)(H,33,34). The van der Waals surface area contributed by atoms with Gasteiger partial charge >= 0.3 is 5.97 Å². The van der Waals surface area contributed by atoms with Gasteiger partial charge in [-0.15, -0.1) is 0 Å². The van der Waals surface area contributed by atoms with Gasteiger partial charge in [-0.25, -0.2) is 14.2 Å². The van der Waals surface area contributed by atoms with Crippen LogP contribution in [0, 0.1) is 5.82 Å². The maximum atomic E-state index is 13.7. The second-order valence-electron chi connectivity index (χ2n) is 7.54. The number of fused-ring (bicyclic) bond motifs is 1. The number of carbonyl (C=O) groups excluding carboxylic acids is 1. The summed E-state index contributed by atoms with van der Waals surface area (Å²) in [7, 11) is 1.42. The molecule has 0 aliphatic rings. The molecule has 0 aliphatic heterocycles. The number of hydrogen-bond acceptors (Lipinski definition) is 5. The molecule has 2 heterocycles. The van der Waals surface area contributed by atoms with Crippen molar-refractivity contribution < 1.29 is 23.8 Å². The van der Waals surface area contributed by atoms with Crippen molar-refractivity contribution in [3.05, 3.63) is 87.9 Å². The molecule has 1 atom stereocenters. The van der Waals surface area contributed by atoms with Gasteiger partial charge in [0.2, 0.25) is 0 Å². The Morgan fingerprint density at radius 2 is 1.86 bits per heavy atom. The third kappa shape index (κ3) is 5.03. The van der Waals surface area contributed by atoms with E-state index in [9.17, 15) is 19.1 Å². The Kier molecular flexibility index (Phi) is 7.14. The minimum absolute atomic E-state index is 0.00473. The zero-order valence-electron chi connectivity index (χ0n) is 18.3. The molecule has 178 valence electrons. The summed E-state index contributed by atoms with van der Waals surface area (Å²) in [5.41, 5.74) is 2.12. The van der Waals surface area contributed by atoms with Crippen LogP contribution in [0.3, 0.4) is 0 Å². The molecule has 0 bridgehead atoms. The topological polar surface area (TPSA) is 101 Å². The van der Waals surface area contributed by atoms with E-state index >= 15 is 0 Å². The summed E-state index contributed by atoms with van der Waals surface area (Å²) in [6.07, 6.45) is 2.59. The Bertz CT molecular complexity index is 1430. The number of nitrogens with zero attached hydrogens (tertiary/aromatic N) is 2. The number of aromatic nitrogens is 2. The Balaban J connectivity index is 1.71. The number of carbonyl (C=O) groups is 2. The van der Waals surface area contributed by atoms with Gasteiger partial charge in [-0.1, -0.05) is 47.5 Å². The van der Waals surface area contributed by atoms with Gasteiger partial charge in [-0.2, -0.15) is 0 Å². The minimum atomic E-state index is -1.29. The van der Waals surface area contributed by atoms with E-state index in [1.165, 1.54) is 25.3 Å². The predicted molar refractivity (Wildman–Crippen MR) is 131 cm³/mol. The molecule has 0 radical (unpaired) electrons. The highest BCUT2D eigenvalue weighted by molar-refractivity contribution is 6.39. The first-order chi connectivity index (χ1) is 16.8. The number of rotatable bonds is 7. The Hall–Kier alpha value is -3.75. The molecule has 35 heavy (non-hydrogen) atoms. The van der Waals surface area contributed by atoms with Crippen LogP contribution in [0.2, 0.25) is 10.0 Å². The highest BCUT2D eigenvalue weighted by Crippen LogP contribution is 2.34. The molecule has 2 aromatic carbocycles. The lowest BCUT2D eigenvalue weighted by atomic mass is 9.96. The summed E-state index contributed by atoms with van der Waals surface area (Å²) < 4.78 is 19.0. The number of nitrogens with one attached hydrogen (secondary N) is 1. The number of hydrogen-bond donors (Lipinski definition) is 2. The van der Waals surface area contributed by atoms with E-state index < -0.39 is 23.7 Å². The van der Waals surface area contributed by atoms with E-state index in [1.54, 1.807) is 36.5 Å². The SMILES string of the molecule is COc1cc(F)cnc1-c1ccc(CC(NC(=O)c2c(Cl)cccc2Cl)C(=O)O)c2ncccc12. The van der Waals surface area contributed by atoms with E-state index in [4.69, 9.17) is 27.9 Å². The molecule has 10 heteroatoms. The second kappa shape index (κ2) is 10.2. The highest BCUT2D eigenvalue weighted by Gasteiger charge is 2.25. The number of halogens is 3. The lowest BCUT2D eigenvalue weighted by Gasteiger charge is -2.18. The summed E-state index contributed by atoms with van der Waals surface area (Å²) in [5.74, 6) is -2.24. The van der Waals surface area contributed by atoms with Crippen LogP contribution in [-0.2, 0) is 11.2 Å². The first kappa shape index (κ1) is 24.4. The average molecular weight is 514 g/mol. The smallest absolute Gasteiger partial charge is 0.326 e. The monoisotopic (exact) mass is 513 g/mol. The predicted octanol–water partition coefficient (Wildman–Crippen LogP) is 5.18. The van der Waals surface area contributed by atoms with Gasteiger partial charge in [-0.3, -0.25) is 9.78 Å². The molecule has 2 N–H and O–H groups in total.